The molecule has 1 fully saturated rings. The van der Waals surface area contributed by atoms with E-state index in [9.17, 15) is 9.59 Å². The lowest BCUT2D eigenvalue weighted by atomic mass is 10.1. The second-order valence-corrected chi connectivity index (χ2v) is 7.29. The fourth-order valence-corrected chi connectivity index (χ4v) is 3.68. The number of carbonyl (C=O) groups is 1. The molecule has 0 aliphatic carbocycles. The van der Waals surface area contributed by atoms with Gasteiger partial charge in [-0.1, -0.05) is 12.1 Å². The quantitative estimate of drug-likeness (QED) is 0.639. The Bertz CT molecular complexity index is 1100. The Morgan fingerprint density at radius 3 is 2.53 bits per heavy atom. The number of carbonyl (C=O) groups excluding carboxylic acids is 1. The number of rotatable bonds is 5. The Kier molecular flexibility index (Phi) is 5.65. The maximum absolute atomic E-state index is 12.8. The number of amides is 1. The average molecular weight is 407 g/mol. The van der Waals surface area contributed by atoms with Crippen LogP contribution < -0.4 is 15.2 Å². The number of aryl methyl sites for hydroxylation is 1. The third kappa shape index (κ3) is 3.98. The molecule has 2 aromatic heterocycles. The number of benzene rings is 1. The molecular formula is C22H25N5O3. The van der Waals surface area contributed by atoms with E-state index in [4.69, 9.17) is 4.74 Å². The van der Waals surface area contributed by atoms with Gasteiger partial charge in [0.25, 0.3) is 5.56 Å². The molecule has 0 unspecified atom stereocenters. The van der Waals surface area contributed by atoms with Crippen LogP contribution in [0.3, 0.4) is 0 Å². The van der Waals surface area contributed by atoms with Gasteiger partial charge in [-0.05, 0) is 30.7 Å². The number of piperazine rings is 1. The van der Waals surface area contributed by atoms with Crippen LogP contribution >= 0.6 is 0 Å². The fourth-order valence-electron chi connectivity index (χ4n) is 3.68. The molecule has 4 rings (SSSR count). The number of fused-ring (bicyclic) bond motifs is 1. The first-order valence-corrected chi connectivity index (χ1v) is 10.1. The highest BCUT2D eigenvalue weighted by atomic mass is 16.5. The van der Waals surface area contributed by atoms with E-state index in [1.165, 1.54) is 0 Å². The first kappa shape index (κ1) is 19.9. The van der Waals surface area contributed by atoms with E-state index in [0.717, 1.165) is 16.8 Å². The largest absolute Gasteiger partial charge is 0.494 e. The minimum atomic E-state index is -0.148. The molecule has 156 valence electrons. The number of hydrogen-bond donors (Lipinski definition) is 0. The van der Waals surface area contributed by atoms with Crippen LogP contribution in [0.1, 0.15) is 12.5 Å². The molecule has 0 radical (unpaired) electrons. The molecule has 0 saturated carbocycles. The lowest BCUT2D eigenvalue weighted by Gasteiger charge is -2.35. The SMILES string of the molecule is CCOc1ccc(CC(=O)N2CCN(c3nc4ccncc4n(C)c3=O)CC2)cc1. The normalized spacial score (nSPS) is 14.2. The van der Waals surface area contributed by atoms with E-state index in [1.807, 2.05) is 41.0 Å². The average Bonchev–Trinajstić information content (AvgIpc) is 2.78. The lowest BCUT2D eigenvalue weighted by Crippen LogP contribution is -2.51. The summed E-state index contributed by atoms with van der Waals surface area (Å²) in [6.07, 6.45) is 3.67. The van der Waals surface area contributed by atoms with Gasteiger partial charge in [0.2, 0.25) is 5.91 Å². The van der Waals surface area contributed by atoms with Crippen molar-refractivity contribution >= 4 is 22.8 Å². The van der Waals surface area contributed by atoms with Gasteiger partial charge in [-0.2, -0.15) is 0 Å². The van der Waals surface area contributed by atoms with E-state index in [0.29, 0.717) is 50.5 Å². The van der Waals surface area contributed by atoms with Crippen molar-refractivity contribution in [1.29, 1.82) is 0 Å². The molecule has 1 aromatic carbocycles. The number of hydrogen-bond acceptors (Lipinski definition) is 6. The van der Waals surface area contributed by atoms with Crippen LogP contribution in [0.15, 0.2) is 47.5 Å². The summed E-state index contributed by atoms with van der Waals surface area (Å²) in [6, 6.07) is 9.43. The van der Waals surface area contributed by atoms with Crippen LogP contribution in [-0.2, 0) is 18.3 Å². The number of pyridine rings is 1. The zero-order chi connectivity index (χ0) is 21.1. The summed E-state index contributed by atoms with van der Waals surface area (Å²) in [4.78, 5) is 37.9. The van der Waals surface area contributed by atoms with Crippen LogP contribution in [0.4, 0.5) is 5.82 Å². The van der Waals surface area contributed by atoms with E-state index in [2.05, 4.69) is 9.97 Å². The predicted octanol–water partition coefficient (Wildman–Crippen LogP) is 1.62. The Morgan fingerprint density at radius 2 is 1.83 bits per heavy atom. The van der Waals surface area contributed by atoms with Crippen molar-refractivity contribution in [3.8, 4) is 5.75 Å². The van der Waals surface area contributed by atoms with E-state index < -0.39 is 0 Å². The van der Waals surface area contributed by atoms with Crippen molar-refractivity contribution in [1.82, 2.24) is 19.4 Å². The Morgan fingerprint density at radius 1 is 1.10 bits per heavy atom. The second-order valence-electron chi connectivity index (χ2n) is 7.29. The van der Waals surface area contributed by atoms with Gasteiger partial charge in [0, 0.05) is 39.4 Å². The number of anilines is 1. The van der Waals surface area contributed by atoms with Crippen LogP contribution in [0.25, 0.3) is 11.0 Å². The molecule has 8 heteroatoms. The second kappa shape index (κ2) is 8.52. The summed E-state index contributed by atoms with van der Waals surface area (Å²) in [7, 11) is 1.73. The third-order valence-electron chi connectivity index (χ3n) is 5.38. The summed E-state index contributed by atoms with van der Waals surface area (Å²) < 4.78 is 7.02. The van der Waals surface area contributed by atoms with Gasteiger partial charge in [0.05, 0.1) is 30.3 Å². The summed E-state index contributed by atoms with van der Waals surface area (Å²) >= 11 is 0. The molecule has 1 aliphatic rings. The number of aromatic nitrogens is 3. The van der Waals surface area contributed by atoms with Gasteiger partial charge in [-0.3, -0.25) is 14.6 Å². The smallest absolute Gasteiger partial charge is 0.293 e. The monoisotopic (exact) mass is 407 g/mol. The zero-order valence-corrected chi connectivity index (χ0v) is 17.2. The Balaban J connectivity index is 1.41. The molecule has 0 spiro atoms. The topological polar surface area (TPSA) is 80.6 Å². The van der Waals surface area contributed by atoms with Crippen molar-refractivity contribution in [3.63, 3.8) is 0 Å². The van der Waals surface area contributed by atoms with Crippen LogP contribution in [0, 0.1) is 0 Å². The van der Waals surface area contributed by atoms with Crippen molar-refractivity contribution in [2.24, 2.45) is 7.05 Å². The minimum absolute atomic E-state index is 0.0873. The third-order valence-corrected chi connectivity index (χ3v) is 5.38. The van der Waals surface area contributed by atoms with Gasteiger partial charge < -0.3 is 19.1 Å². The molecule has 1 saturated heterocycles. The maximum atomic E-state index is 12.8. The van der Waals surface area contributed by atoms with Crippen molar-refractivity contribution in [2.75, 3.05) is 37.7 Å². The molecule has 8 nitrogen and oxygen atoms in total. The van der Waals surface area contributed by atoms with Gasteiger partial charge >= 0.3 is 0 Å². The van der Waals surface area contributed by atoms with Crippen LogP contribution in [0.5, 0.6) is 5.75 Å². The van der Waals surface area contributed by atoms with Crippen LogP contribution in [-0.4, -0.2) is 58.1 Å². The lowest BCUT2D eigenvalue weighted by molar-refractivity contribution is -0.130. The molecule has 3 aromatic rings. The summed E-state index contributed by atoms with van der Waals surface area (Å²) in [5.74, 6) is 1.32. The highest BCUT2D eigenvalue weighted by Gasteiger charge is 2.24. The standard InChI is InChI=1S/C22H25N5O3/c1-3-30-17-6-4-16(5-7-17)14-20(28)26-10-12-27(13-11-26)21-22(29)25(2)19-15-23-9-8-18(19)24-21/h4-9,15H,3,10-14H2,1-2H3. The molecule has 1 aliphatic heterocycles. The minimum Gasteiger partial charge on any atom is -0.494 e. The highest BCUT2D eigenvalue weighted by Crippen LogP contribution is 2.16. The molecule has 30 heavy (non-hydrogen) atoms. The number of ether oxygens (including phenoxy) is 1. The molecular weight excluding hydrogens is 382 g/mol. The zero-order valence-electron chi connectivity index (χ0n) is 17.2. The van der Waals surface area contributed by atoms with Gasteiger partial charge in [0.1, 0.15) is 5.75 Å². The Labute approximate surface area is 174 Å². The van der Waals surface area contributed by atoms with E-state index >= 15 is 0 Å². The molecule has 0 atom stereocenters. The van der Waals surface area contributed by atoms with E-state index in [1.54, 1.807) is 30.1 Å². The van der Waals surface area contributed by atoms with Gasteiger partial charge in [-0.15, -0.1) is 0 Å². The van der Waals surface area contributed by atoms with Crippen LogP contribution in [0.2, 0.25) is 0 Å². The van der Waals surface area contributed by atoms with Crippen molar-refractivity contribution < 1.29 is 9.53 Å². The summed E-state index contributed by atoms with van der Waals surface area (Å²) in [5, 5.41) is 0. The van der Waals surface area contributed by atoms with E-state index in [-0.39, 0.29) is 11.5 Å². The van der Waals surface area contributed by atoms with Crippen molar-refractivity contribution in [3.05, 3.63) is 58.6 Å². The molecule has 0 bridgehead atoms. The molecule has 3 heterocycles. The summed E-state index contributed by atoms with van der Waals surface area (Å²) in [5.41, 5.74) is 2.25. The maximum Gasteiger partial charge on any atom is 0.293 e. The first-order chi connectivity index (χ1) is 14.6. The molecule has 0 N–H and O–H groups in total. The number of nitrogens with zero attached hydrogens (tertiary/aromatic N) is 5. The Hall–Kier alpha value is -3.42. The van der Waals surface area contributed by atoms with Gasteiger partial charge in [-0.25, -0.2) is 4.98 Å². The fraction of sp³-hybridized carbons (Fsp3) is 0.364. The molecule has 1 amide bonds. The summed E-state index contributed by atoms with van der Waals surface area (Å²) in [6.45, 7) is 4.85. The predicted molar refractivity (Wildman–Crippen MR) is 115 cm³/mol. The van der Waals surface area contributed by atoms with Gasteiger partial charge in [0.15, 0.2) is 5.82 Å². The highest BCUT2D eigenvalue weighted by molar-refractivity contribution is 5.79. The first-order valence-electron chi connectivity index (χ1n) is 10.1. The van der Waals surface area contributed by atoms with Crippen molar-refractivity contribution in [2.45, 2.75) is 13.3 Å².